The molecule has 0 spiro atoms. The van der Waals surface area contributed by atoms with Gasteiger partial charge in [-0.05, 0) is 42.3 Å². The molecule has 0 saturated carbocycles. The van der Waals surface area contributed by atoms with E-state index in [1.165, 1.54) is 42.4 Å². The number of carbonyl (C=O) groups excluding carboxylic acids is 1. The molecule has 0 atom stereocenters. The Morgan fingerprint density at radius 2 is 1.87 bits per heavy atom. The van der Waals surface area contributed by atoms with E-state index in [1.807, 2.05) is 0 Å². The average Bonchev–Trinajstić information content (AvgIpc) is 2.73. The van der Waals surface area contributed by atoms with E-state index in [4.69, 9.17) is 0 Å². The highest BCUT2D eigenvalue weighted by molar-refractivity contribution is 5.96. The van der Waals surface area contributed by atoms with Gasteiger partial charge in [-0.25, -0.2) is 0 Å². The zero-order valence-corrected chi connectivity index (χ0v) is 16.5. The first kappa shape index (κ1) is 21.9. The molecule has 6 nitrogen and oxygen atoms in total. The number of amides is 1. The molecule has 0 radical (unpaired) electrons. The molecule has 0 saturated heterocycles. The number of H-pyrrole nitrogens is 1. The fourth-order valence-electron chi connectivity index (χ4n) is 3.05. The van der Waals surface area contributed by atoms with E-state index in [1.54, 1.807) is 24.3 Å². The number of nitrogens with zero attached hydrogens (tertiary/aromatic N) is 1. The lowest BCUT2D eigenvalue weighted by Crippen LogP contribution is -2.29. The molecule has 2 aromatic carbocycles. The highest BCUT2D eigenvalue weighted by Gasteiger charge is 2.33. The summed E-state index contributed by atoms with van der Waals surface area (Å²) in [7, 11) is 1.53. The van der Waals surface area contributed by atoms with Crippen molar-refractivity contribution >= 4 is 17.3 Å². The molecular formula is C22H20F3N3O3. The van der Waals surface area contributed by atoms with Crippen LogP contribution in [0.4, 0.5) is 24.5 Å². The highest BCUT2D eigenvalue weighted by Crippen LogP contribution is 2.35. The standard InChI is InChI=1S/C22H20F3N3O3/c1-28(21(31)16-9-11-26-20(30)19(16)29)12-10-14-5-4-6-15(13-14)27-18-8-3-2-7-17(18)22(23,24)25/h2-9,11,13,27,29H,10,12H2,1H3,(H,26,30). The van der Waals surface area contributed by atoms with E-state index >= 15 is 0 Å². The average molecular weight is 431 g/mol. The van der Waals surface area contributed by atoms with Crippen LogP contribution in [0.1, 0.15) is 21.5 Å². The number of para-hydroxylation sites is 1. The van der Waals surface area contributed by atoms with Gasteiger partial charge in [-0.2, -0.15) is 13.2 Å². The minimum atomic E-state index is -4.48. The van der Waals surface area contributed by atoms with Crippen LogP contribution in [0.15, 0.2) is 65.6 Å². The van der Waals surface area contributed by atoms with Gasteiger partial charge < -0.3 is 20.3 Å². The maximum atomic E-state index is 13.2. The van der Waals surface area contributed by atoms with Gasteiger partial charge in [-0.3, -0.25) is 9.59 Å². The lowest BCUT2D eigenvalue weighted by atomic mass is 10.1. The summed E-state index contributed by atoms with van der Waals surface area (Å²) >= 11 is 0. The number of halogens is 3. The molecule has 0 unspecified atom stereocenters. The Hall–Kier alpha value is -3.75. The number of anilines is 2. The Bertz CT molecular complexity index is 1140. The van der Waals surface area contributed by atoms with Crippen molar-refractivity contribution in [3.05, 3.63) is 87.8 Å². The highest BCUT2D eigenvalue weighted by atomic mass is 19.4. The van der Waals surface area contributed by atoms with Crippen LogP contribution in [0.3, 0.4) is 0 Å². The van der Waals surface area contributed by atoms with E-state index in [-0.39, 0.29) is 17.8 Å². The number of likely N-dealkylation sites (N-methyl/N-ethyl adjacent to an activating group) is 1. The van der Waals surface area contributed by atoms with Crippen LogP contribution >= 0.6 is 0 Å². The van der Waals surface area contributed by atoms with Crippen molar-refractivity contribution in [3.63, 3.8) is 0 Å². The summed E-state index contributed by atoms with van der Waals surface area (Å²) in [6.45, 7) is 0.271. The van der Waals surface area contributed by atoms with Crippen LogP contribution < -0.4 is 10.9 Å². The van der Waals surface area contributed by atoms with E-state index < -0.39 is 29.0 Å². The number of carbonyl (C=O) groups is 1. The minimum Gasteiger partial charge on any atom is -0.502 e. The van der Waals surface area contributed by atoms with Gasteiger partial charge in [0.05, 0.1) is 16.8 Å². The molecule has 1 aromatic heterocycles. The Balaban J connectivity index is 1.70. The van der Waals surface area contributed by atoms with Gasteiger partial charge in [0, 0.05) is 25.5 Å². The molecule has 1 heterocycles. The summed E-state index contributed by atoms with van der Waals surface area (Å²) in [5.74, 6) is -1.16. The molecular weight excluding hydrogens is 411 g/mol. The van der Waals surface area contributed by atoms with Crippen molar-refractivity contribution in [1.29, 1.82) is 0 Å². The van der Waals surface area contributed by atoms with Gasteiger partial charge >= 0.3 is 6.18 Å². The second kappa shape index (κ2) is 8.95. The third kappa shape index (κ3) is 5.25. The molecule has 0 fully saturated rings. The number of rotatable bonds is 6. The van der Waals surface area contributed by atoms with Crippen LogP contribution in [0.2, 0.25) is 0 Å². The van der Waals surface area contributed by atoms with Crippen molar-refractivity contribution in [2.24, 2.45) is 0 Å². The van der Waals surface area contributed by atoms with Crippen molar-refractivity contribution in [1.82, 2.24) is 9.88 Å². The van der Waals surface area contributed by atoms with Crippen LogP contribution in [-0.2, 0) is 12.6 Å². The number of pyridine rings is 1. The number of aromatic hydroxyl groups is 1. The fourth-order valence-corrected chi connectivity index (χ4v) is 3.05. The number of hydrogen-bond acceptors (Lipinski definition) is 4. The third-order valence-corrected chi connectivity index (χ3v) is 4.69. The molecule has 0 aliphatic heterocycles. The maximum Gasteiger partial charge on any atom is 0.418 e. The maximum absolute atomic E-state index is 13.2. The number of benzene rings is 2. The number of aromatic nitrogens is 1. The molecule has 0 aliphatic rings. The zero-order valence-electron chi connectivity index (χ0n) is 16.5. The SMILES string of the molecule is CN(CCc1cccc(Nc2ccccc2C(F)(F)F)c1)C(=O)c1cc[nH]c(=O)c1O. The second-order valence-corrected chi connectivity index (χ2v) is 6.91. The van der Waals surface area contributed by atoms with Crippen LogP contribution in [0.5, 0.6) is 5.75 Å². The van der Waals surface area contributed by atoms with E-state index in [9.17, 15) is 27.9 Å². The summed E-state index contributed by atoms with van der Waals surface area (Å²) in [4.78, 5) is 27.6. The normalized spacial score (nSPS) is 11.2. The van der Waals surface area contributed by atoms with E-state index in [2.05, 4.69) is 10.3 Å². The Labute approximate surface area is 176 Å². The van der Waals surface area contributed by atoms with E-state index in [0.717, 1.165) is 11.6 Å². The monoisotopic (exact) mass is 431 g/mol. The number of nitrogens with one attached hydrogen (secondary N) is 2. The summed E-state index contributed by atoms with van der Waals surface area (Å²) in [5.41, 5.74) is -0.394. The summed E-state index contributed by atoms with van der Waals surface area (Å²) in [6, 6.07) is 13.4. The van der Waals surface area contributed by atoms with Crippen LogP contribution in [0, 0.1) is 0 Å². The van der Waals surface area contributed by atoms with Crippen molar-refractivity contribution < 1.29 is 23.1 Å². The topological polar surface area (TPSA) is 85.4 Å². The lowest BCUT2D eigenvalue weighted by Gasteiger charge is -2.18. The number of hydrogen-bond donors (Lipinski definition) is 3. The minimum absolute atomic E-state index is 0.0516. The lowest BCUT2D eigenvalue weighted by molar-refractivity contribution is -0.136. The third-order valence-electron chi connectivity index (χ3n) is 4.69. The number of alkyl halides is 3. The van der Waals surface area contributed by atoms with Crippen molar-refractivity contribution in [3.8, 4) is 5.75 Å². The Morgan fingerprint density at radius 1 is 1.13 bits per heavy atom. The predicted octanol–water partition coefficient (Wildman–Crippen LogP) is 4.16. The Kier molecular flexibility index (Phi) is 6.33. The molecule has 3 rings (SSSR count). The fraction of sp³-hybridized carbons (Fsp3) is 0.182. The molecule has 3 aromatic rings. The summed E-state index contributed by atoms with van der Waals surface area (Å²) in [6.07, 6.45) is -2.78. The molecule has 9 heteroatoms. The molecule has 0 bridgehead atoms. The van der Waals surface area contributed by atoms with Gasteiger partial charge in [0.25, 0.3) is 11.5 Å². The first-order chi connectivity index (χ1) is 14.7. The van der Waals surface area contributed by atoms with Gasteiger partial charge in [0.15, 0.2) is 5.75 Å². The van der Waals surface area contributed by atoms with Crippen LogP contribution in [-0.4, -0.2) is 34.5 Å². The summed E-state index contributed by atoms with van der Waals surface area (Å²) < 4.78 is 39.6. The zero-order chi connectivity index (χ0) is 22.6. The van der Waals surface area contributed by atoms with Gasteiger partial charge in [-0.15, -0.1) is 0 Å². The summed E-state index contributed by atoms with van der Waals surface area (Å²) in [5, 5.41) is 12.6. The molecule has 162 valence electrons. The quantitative estimate of drug-likeness (QED) is 0.547. The molecule has 0 aliphatic carbocycles. The first-order valence-electron chi connectivity index (χ1n) is 9.35. The largest absolute Gasteiger partial charge is 0.502 e. The van der Waals surface area contributed by atoms with Crippen molar-refractivity contribution in [2.75, 3.05) is 18.9 Å². The number of aromatic amines is 1. The van der Waals surface area contributed by atoms with E-state index in [0.29, 0.717) is 12.1 Å². The van der Waals surface area contributed by atoms with Crippen molar-refractivity contribution in [2.45, 2.75) is 12.6 Å². The molecule has 31 heavy (non-hydrogen) atoms. The predicted molar refractivity (Wildman–Crippen MR) is 111 cm³/mol. The molecule has 3 N–H and O–H groups in total. The van der Waals surface area contributed by atoms with Gasteiger partial charge in [-0.1, -0.05) is 24.3 Å². The van der Waals surface area contributed by atoms with Crippen LogP contribution in [0.25, 0.3) is 0 Å². The first-order valence-corrected chi connectivity index (χ1v) is 9.35. The van der Waals surface area contributed by atoms with Gasteiger partial charge in [0.2, 0.25) is 0 Å². The smallest absolute Gasteiger partial charge is 0.418 e. The second-order valence-electron chi connectivity index (χ2n) is 6.91. The molecule has 1 amide bonds. The Morgan fingerprint density at radius 3 is 2.61 bits per heavy atom. The van der Waals surface area contributed by atoms with Gasteiger partial charge in [0.1, 0.15) is 0 Å².